The Morgan fingerprint density at radius 3 is 2.60 bits per heavy atom. The molecule has 0 aliphatic carbocycles. The van der Waals surface area contributed by atoms with Crippen LogP contribution in [0, 0.1) is 0 Å². The van der Waals surface area contributed by atoms with Crippen molar-refractivity contribution < 1.29 is 10.1 Å². The molecule has 15 heavy (non-hydrogen) atoms. The minimum Gasteiger partial charge on any atom is -0.492 e. The van der Waals surface area contributed by atoms with Crippen LogP contribution in [-0.2, 0) is 4.74 Å². The molecule has 0 aromatic rings. The van der Waals surface area contributed by atoms with E-state index in [0.29, 0.717) is 6.61 Å². The second kappa shape index (κ2) is 9.59. The first-order valence-corrected chi connectivity index (χ1v) is 5.84. The van der Waals surface area contributed by atoms with E-state index in [1.54, 1.807) is 0 Å². The summed E-state index contributed by atoms with van der Waals surface area (Å²) in [4.78, 5) is 0. The van der Waals surface area contributed by atoms with E-state index in [2.05, 4.69) is 32.2 Å². The molecular formula is C12H25N2O+. The molecule has 0 amide bonds. The maximum Gasteiger partial charge on any atom is 0.132 e. The minimum atomic E-state index is 0.500. The van der Waals surface area contributed by atoms with Crippen LogP contribution in [0.3, 0.4) is 0 Å². The molecule has 0 saturated carbocycles. The number of hydrogen-bond acceptors (Lipinski definition) is 2. The summed E-state index contributed by atoms with van der Waals surface area (Å²) in [6.07, 6.45) is 7.14. The minimum absolute atomic E-state index is 0.500. The largest absolute Gasteiger partial charge is 0.492 e. The van der Waals surface area contributed by atoms with Crippen molar-refractivity contribution in [3.8, 4) is 0 Å². The van der Waals surface area contributed by atoms with Gasteiger partial charge in [0, 0.05) is 6.42 Å². The molecule has 0 atom stereocenters. The van der Waals surface area contributed by atoms with E-state index >= 15 is 0 Å². The molecule has 3 nitrogen and oxygen atoms in total. The van der Waals surface area contributed by atoms with Gasteiger partial charge in [0.2, 0.25) is 0 Å². The van der Waals surface area contributed by atoms with E-state index in [1.807, 2.05) is 6.20 Å². The first kappa shape index (κ1) is 14.0. The average Bonchev–Trinajstić information content (AvgIpc) is 2.24. The lowest BCUT2D eigenvalue weighted by Crippen LogP contribution is -2.78. The van der Waals surface area contributed by atoms with Crippen molar-refractivity contribution in [1.82, 2.24) is 0 Å². The van der Waals surface area contributed by atoms with Crippen molar-refractivity contribution >= 4 is 0 Å². The lowest BCUT2D eigenvalue weighted by atomic mass is 10.3. The monoisotopic (exact) mass is 213 g/mol. The highest BCUT2D eigenvalue weighted by Gasteiger charge is 1.97. The number of ether oxygens (including phenoxy) is 1. The number of allylic oxidation sites excluding steroid dienone is 2. The number of rotatable bonds is 8. The molecule has 0 heterocycles. The molecule has 0 spiro atoms. The van der Waals surface area contributed by atoms with Crippen LogP contribution in [0.25, 0.3) is 0 Å². The van der Waals surface area contributed by atoms with Gasteiger partial charge in [-0.1, -0.05) is 20.8 Å². The van der Waals surface area contributed by atoms with Crippen LogP contribution in [0.5, 0.6) is 0 Å². The third-order valence-electron chi connectivity index (χ3n) is 1.99. The molecule has 4 N–H and O–H groups in total. The summed E-state index contributed by atoms with van der Waals surface area (Å²) in [5.41, 5.74) is 6.58. The van der Waals surface area contributed by atoms with Gasteiger partial charge in [-0.3, -0.25) is 0 Å². The Labute approximate surface area is 93.4 Å². The van der Waals surface area contributed by atoms with Crippen LogP contribution < -0.4 is 11.1 Å². The summed E-state index contributed by atoms with van der Waals surface area (Å²) in [7, 11) is 0. The summed E-state index contributed by atoms with van der Waals surface area (Å²) in [6, 6.07) is 0. The maximum absolute atomic E-state index is 5.79. The number of nitrogens with two attached hydrogens (primary N) is 2. The Balaban J connectivity index is 3.81. The Morgan fingerprint density at radius 2 is 2.07 bits per heavy atom. The fraction of sp³-hybridized carbons (Fsp3) is 0.667. The van der Waals surface area contributed by atoms with Crippen LogP contribution in [-0.4, -0.2) is 13.2 Å². The Bertz CT molecular complexity index is 210. The highest BCUT2D eigenvalue weighted by atomic mass is 16.5. The van der Waals surface area contributed by atoms with Gasteiger partial charge in [-0.05, 0) is 18.9 Å². The molecule has 0 aliphatic heterocycles. The summed E-state index contributed by atoms with van der Waals surface area (Å²) in [5, 5.41) is 2.09. The zero-order valence-electron chi connectivity index (χ0n) is 10.3. The first-order valence-electron chi connectivity index (χ1n) is 5.84. The van der Waals surface area contributed by atoms with Crippen LogP contribution in [0.4, 0.5) is 0 Å². The molecule has 0 radical (unpaired) electrons. The molecule has 3 heteroatoms. The second-order valence-electron chi connectivity index (χ2n) is 3.49. The van der Waals surface area contributed by atoms with Crippen LogP contribution in [0.1, 0.15) is 40.0 Å². The zero-order chi connectivity index (χ0) is 11.5. The molecule has 0 bridgehead atoms. The van der Waals surface area contributed by atoms with E-state index in [4.69, 9.17) is 10.5 Å². The van der Waals surface area contributed by atoms with E-state index < -0.39 is 0 Å². The maximum atomic E-state index is 5.79. The lowest BCUT2D eigenvalue weighted by Gasteiger charge is -2.07. The average molecular weight is 213 g/mol. The van der Waals surface area contributed by atoms with Gasteiger partial charge in [-0.2, -0.15) is 0 Å². The van der Waals surface area contributed by atoms with Crippen LogP contribution >= 0.6 is 0 Å². The first-order chi connectivity index (χ1) is 7.24. The van der Waals surface area contributed by atoms with E-state index in [9.17, 15) is 0 Å². The van der Waals surface area contributed by atoms with E-state index in [-0.39, 0.29) is 0 Å². The van der Waals surface area contributed by atoms with Gasteiger partial charge in [-0.25, -0.2) is 0 Å². The Kier molecular flexibility index (Phi) is 8.98. The van der Waals surface area contributed by atoms with Gasteiger partial charge in [0.25, 0.3) is 0 Å². The number of quaternary nitrogens is 1. The normalized spacial score (nSPS) is 13.0. The predicted octanol–water partition coefficient (Wildman–Crippen LogP) is 1.48. The second-order valence-corrected chi connectivity index (χ2v) is 3.49. The van der Waals surface area contributed by atoms with Gasteiger partial charge >= 0.3 is 0 Å². The van der Waals surface area contributed by atoms with Crippen molar-refractivity contribution in [3.63, 3.8) is 0 Å². The fourth-order valence-corrected chi connectivity index (χ4v) is 1.16. The van der Waals surface area contributed by atoms with Gasteiger partial charge in [0.1, 0.15) is 18.5 Å². The third kappa shape index (κ3) is 8.06. The molecule has 0 rings (SSSR count). The smallest absolute Gasteiger partial charge is 0.132 e. The highest BCUT2D eigenvalue weighted by Crippen LogP contribution is 2.04. The summed E-state index contributed by atoms with van der Waals surface area (Å²) >= 11 is 0. The fourth-order valence-electron chi connectivity index (χ4n) is 1.16. The summed E-state index contributed by atoms with van der Waals surface area (Å²) in [6.45, 7) is 7.92. The molecule has 0 aromatic heterocycles. The van der Waals surface area contributed by atoms with Crippen molar-refractivity contribution in [2.75, 3.05) is 13.2 Å². The van der Waals surface area contributed by atoms with Crippen molar-refractivity contribution in [2.45, 2.75) is 40.0 Å². The van der Waals surface area contributed by atoms with Crippen molar-refractivity contribution in [3.05, 3.63) is 23.7 Å². The van der Waals surface area contributed by atoms with Gasteiger partial charge < -0.3 is 15.8 Å². The molecule has 88 valence electrons. The Hall–Kier alpha value is -0.960. The quantitative estimate of drug-likeness (QED) is 0.474. The van der Waals surface area contributed by atoms with Gasteiger partial charge in [-0.15, -0.1) is 0 Å². The molecule has 0 fully saturated rings. The third-order valence-corrected chi connectivity index (χ3v) is 1.99. The molecule has 0 aliphatic rings. The molecule has 0 saturated heterocycles. The summed E-state index contributed by atoms with van der Waals surface area (Å²) < 4.78 is 5.57. The van der Waals surface area contributed by atoms with Crippen molar-refractivity contribution in [1.29, 1.82) is 0 Å². The van der Waals surface area contributed by atoms with Crippen LogP contribution in [0.15, 0.2) is 23.7 Å². The SMILES string of the molecule is CCC=C(CC)OCC(N)=C[NH2+]CCC. The van der Waals surface area contributed by atoms with E-state index in [1.165, 1.54) is 0 Å². The van der Waals surface area contributed by atoms with Gasteiger partial charge in [0.05, 0.1) is 12.3 Å². The summed E-state index contributed by atoms with van der Waals surface area (Å²) in [5.74, 6) is 1.03. The zero-order valence-corrected chi connectivity index (χ0v) is 10.3. The number of hydrogen-bond donors (Lipinski definition) is 2. The van der Waals surface area contributed by atoms with Gasteiger partial charge in [0.15, 0.2) is 0 Å². The van der Waals surface area contributed by atoms with E-state index in [0.717, 1.165) is 37.3 Å². The van der Waals surface area contributed by atoms with Crippen LogP contribution in [0.2, 0.25) is 0 Å². The topological polar surface area (TPSA) is 51.9 Å². The lowest BCUT2D eigenvalue weighted by molar-refractivity contribution is -0.588. The van der Waals surface area contributed by atoms with Crippen molar-refractivity contribution in [2.24, 2.45) is 5.73 Å². The predicted molar refractivity (Wildman–Crippen MR) is 64.0 cm³/mol. The standard InChI is InChI=1S/C12H24N2O/c1-4-7-12(6-3)15-10-11(13)9-14-8-5-2/h7,9,14H,4-6,8,10,13H2,1-3H3/p+1. The molecule has 0 aromatic carbocycles. The Morgan fingerprint density at radius 1 is 1.33 bits per heavy atom. The highest BCUT2D eigenvalue weighted by molar-refractivity contribution is 4.96. The molecular weight excluding hydrogens is 188 g/mol. The molecule has 0 unspecified atom stereocenters.